The van der Waals surface area contributed by atoms with E-state index in [0.29, 0.717) is 0 Å². The van der Waals surface area contributed by atoms with Crippen molar-refractivity contribution in [2.45, 2.75) is 181 Å². The molecule has 10 heteroatoms. The summed E-state index contributed by atoms with van der Waals surface area (Å²) in [5, 5.41) is 2.31. The Morgan fingerprint density at radius 2 is 0.654 bits per heavy atom. The topological polar surface area (TPSA) is 52.6 Å². The van der Waals surface area contributed by atoms with E-state index in [9.17, 15) is 0 Å². The molecule has 52 heavy (non-hydrogen) atoms. The predicted molar refractivity (Wildman–Crippen MR) is 245 cm³/mol. The maximum absolute atomic E-state index is 17.2. The van der Waals surface area contributed by atoms with Gasteiger partial charge in [0.2, 0.25) is 16.6 Å². The maximum atomic E-state index is 17.2. The second kappa shape index (κ2) is 20.4. The Hall–Kier alpha value is -0.732. The molecule has 0 atom stereocenters. The largest absolute Gasteiger partial charge is 0.333 e. The van der Waals surface area contributed by atoms with Crippen LogP contribution in [0.5, 0.6) is 0 Å². The third-order valence-corrected chi connectivity index (χ3v) is 42.7. The van der Waals surface area contributed by atoms with E-state index in [1.54, 1.807) is 0 Å². The minimum atomic E-state index is -3.20. The molecule has 0 amide bonds. The van der Waals surface area contributed by atoms with Crippen molar-refractivity contribution in [2.75, 3.05) is 0 Å². The summed E-state index contributed by atoms with van der Waals surface area (Å²) in [6.07, 6.45) is 12.9. The first-order valence-electron chi connectivity index (χ1n) is 21.1. The molecule has 0 radical (unpaired) electrons. The quantitative estimate of drug-likeness (QED) is 0.0701. The van der Waals surface area contributed by atoms with Crippen molar-refractivity contribution in [1.82, 2.24) is 0 Å². The third-order valence-electron chi connectivity index (χ3n) is 11.5. The summed E-state index contributed by atoms with van der Waals surface area (Å²) in [6, 6.07) is 27.3. The van der Waals surface area contributed by atoms with E-state index in [1.165, 1.54) is 0 Å². The number of benzene rings is 2. The van der Waals surface area contributed by atoms with Crippen molar-refractivity contribution >= 4 is 70.4 Å². The van der Waals surface area contributed by atoms with Gasteiger partial charge < -0.3 is 7.74 Å². The van der Waals surface area contributed by atoms with Gasteiger partial charge in [0.15, 0.2) is 0 Å². The first kappa shape index (κ1) is 45.7. The minimum absolute atomic E-state index is 0.854. The van der Waals surface area contributed by atoms with Crippen LogP contribution in [0.3, 0.4) is 0 Å². The van der Waals surface area contributed by atoms with Crippen LogP contribution in [-0.4, -0.2) is 48.8 Å². The van der Waals surface area contributed by atoms with Crippen LogP contribution >= 0.6 is 0 Å². The van der Waals surface area contributed by atoms with Crippen LogP contribution in [0.2, 0.25) is 62.5 Å². The van der Waals surface area contributed by atoms with Gasteiger partial charge in [-0.05, 0) is 36.6 Å². The number of hydrogen-bond acceptors (Lipinski definition) is 4. The summed E-state index contributed by atoms with van der Waals surface area (Å²) in [4.78, 5) is 0. The first-order valence-corrected chi connectivity index (χ1v) is 35.1. The molecule has 0 N–H and O–H groups in total. The summed E-state index contributed by atoms with van der Waals surface area (Å²) >= 11 is 0. The molecule has 0 saturated heterocycles. The van der Waals surface area contributed by atoms with Crippen molar-refractivity contribution in [2.24, 2.45) is 0 Å². The lowest BCUT2D eigenvalue weighted by molar-refractivity contribution is 0.566. The molecule has 0 unspecified atom stereocenters. The monoisotopic (exact) mass is 820 g/mol. The van der Waals surface area contributed by atoms with Gasteiger partial charge in [0, 0.05) is 0 Å². The van der Waals surface area contributed by atoms with Gasteiger partial charge in [-0.25, -0.2) is 8.42 Å². The molecule has 1 heterocycles. The summed E-state index contributed by atoms with van der Waals surface area (Å²) in [5.41, 5.74) is 0. The second-order valence-corrected chi connectivity index (χ2v) is 39.9. The fourth-order valence-electron chi connectivity index (χ4n) is 8.53. The van der Waals surface area contributed by atoms with Crippen molar-refractivity contribution in [3.8, 4) is 0 Å². The van der Waals surface area contributed by atoms with E-state index in [4.69, 9.17) is 7.74 Å². The lowest BCUT2D eigenvalue weighted by Gasteiger charge is -2.51. The molecule has 3 rings (SSSR count). The van der Waals surface area contributed by atoms with Crippen molar-refractivity contribution in [3.63, 3.8) is 0 Å². The van der Waals surface area contributed by atoms with Gasteiger partial charge in [-0.1, -0.05) is 216 Å². The van der Waals surface area contributed by atoms with Gasteiger partial charge in [-0.15, -0.1) is 0 Å². The van der Waals surface area contributed by atoms with E-state index in [1.807, 2.05) is 0 Å². The van der Waals surface area contributed by atoms with E-state index >= 15 is 8.42 Å². The van der Waals surface area contributed by atoms with E-state index < -0.39 is 52.4 Å². The number of unbranched alkanes of at least 4 members (excludes halogenated alkanes) is 6. The molecule has 0 bridgehead atoms. The van der Waals surface area contributed by atoms with E-state index in [0.717, 1.165) is 131 Å². The average molecular weight is 822 g/mol. The van der Waals surface area contributed by atoms with Crippen LogP contribution in [0.4, 0.5) is 0 Å². The Labute approximate surface area is 326 Å². The molecule has 0 aliphatic carbocycles. The van der Waals surface area contributed by atoms with Crippen molar-refractivity contribution in [3.05, 3.63) is 60.7 Å². The molecular formula is C42H76O4S2Si4. The van der Waals surface area contributed by atoms with Crippen molar-refractivity contribution in [1.29, 1.82) is 0 Å². The highest BCUT2D eigenvalue weighted by atomic mass is 32.3. The van der Waals surface area contributed by atoms with Crippen LogP contribution in [0, 0.1) is 0 Å². The molecule has 2 aromatic carbocycles. The highest BCUT2D eigenvalue weighted by Gasteiger charge is 2.62. The number of rotatable bonds is 26. The highest BCUT2D eigenvalue weighted by Crippen LogP contribution is 2.46. The summed E-state index contributed by atoms with van der Waals surface area (Å²) in [5.74, 6) is 0. The van der Waals surface area contributed by atoms with E-state index in [2.05, 4.69) is 128 Å². The maximum Gasteiger partial charge on any atom is 0.238 e. The molecule has 2 aromatic rings. The lowest BCUT2D eigenvalue weighted by Crippen LogP contribution is -2.70. The molecule has 0 fully saturated rings. The smallest absolute Gasteiger partial charge is 0.238 e. The fourth-order valence-corrected chi connectivity index (χ4v) is 47.4. The standard InChI is InChI=1S/C42H76O4S2Si4/c1-11-17-33-51(34-18-12-2,35-19-13-3)41-47(43,45-49(7,8)39-29-25-23-26-30-39)42(52(36-20-14-4,37-21-15-5)38-22-16-6)48(41,44)46-50(9,10)40-31-27-24-28-32-40/h23-32H,11-22,33-38H2,1-10H3. The van der Waals surface area contributed by atoms with E-state index in [-0.39, 0.29) is 0 Å². The minimum Gasteiger partial charge on any atom is -0.333 e. The zero-order chi connectivity index (χ0) is 38.5. The zero-order valence-electron chi connectivity index (χ0n) is 35.0. The Morgan fingerprint density at radius 1 is 0.423 bits per heavy atom. The molecule has 0 aromatic heterocycles. The Balaban J connectivity index is 2.63. The van der Waals surface area contributed by atoms with Crippen LogP contribution in [0.15, 0.2) is 60.7 Å². The predicted octanol–water partition coefficient (Wildman–Crippen LogP) is 11.7. The second-order valence-electron chi connectivity index (χ2n) is 16.7. The van der Waals surface area contributed by atoms with Gasteiger partial charge in [0.05, 0.1) is 7.64 Å². The van der Waals surface area contributed by atoms with Gasteiger partial charge in [-0.3, -0.25) is 0 Å². The Bertz CT molecular complexity index is 1440. The SMILES string of the molecule is CCCC[Si](CCCC)(CCCC)C1=S(=O)(O[Si](C)(C)c2ccccc2)C([Si](CCCC)(CCCC)CCCC)=S1(=O)O[Si](C)(C)c1ccccc1. The van der Waals surface area contributed by atoms with Crippen LogP contribution in [-0.2, 0) is 27.3 Å². The molecule has 0 saturated carbocycles. The Kier molecular flexibility index (Phi) is 17.9. The Morgan fingerprint density at radius 3 is 0.865 bits per heavy atom. The normalized spacial score (nSPS) is 20.0. The fraction of sp³-hybridized carbons (Fsp3) is 0.667. The highest BCUT2D eigenvalue weighted by molar-refractivity contribution is 8.53. The molecule has 296 valence electrons. The molecule has 1 aliphatic heterocycles. The van der Waals surface area contributed by atoms with Gasteiger partial charge in [-0.2, -0.15) is 0 Å². The zero-order valence-corrected chi connectivity index (χ0v) is 40.6. The van der Waals surface area contributed by atoms with Gasteiger partial charge in [0.25, 0.3) is 0 Å². The van der Waals surface area contributed by atoms with Crippen LogP contribution < -0.4 is 10.4 Å². The van der Waals surface area contributed by atoms with Gasteiger partial charge >= 0.3 is 0 Å². The molecule has 4 nitrogen and oxygen atoms in total. The molecule has 1 aliphatic rings. The number of hydrogen-bond donors (Lipinski definition) is 0. The molecular weight excluding hydrogens is 745 g/mol. The van der Waals surface area contributed by atoms with Crippen molar-refractivity contribution < 1.29 is 16.2 Å². The summed E-state index contributed by atoms with van der Waals surface area (Å²) < 4.78 is 51.2. The summed E-state index contributed by atoms with van der Waals surface area (Å²) in [6.45, 7) is 22.6. The first-order chi connectivity index (χ1) is 24.7. The lowest BCUT2D eigenvalue weighted by atomic mass is 10.4. The van der Waals surface area contributed by atoms with Crippen LogP contribution in [0.25, 0.3) is 0 Å². The average Bonchev–Trinajstić information content (AvgIpc) is 3.12. The summed E-state index contributed by atoms with van der Waals surface area (Å²) in [7, 11) is -17.1. The van der Waals surface area contributed by atoms with Crippen LogP contribution in [0.1, 0.15) is 119 Å². The third kappa shape index (κ3) is 10.4. The molecule has 0 spiro atoms. The van der Waals surface area contributed by atoms with Gasteiger partial charge in [0.1, 0.15) is 35.8 Å².